The van der Waals surface area contributed by atoms with Crippen LogP contribution in [0.25, 0.3) is 0 Å². The van der Waals surface area contributed by atoms with E-state index in [1.807, 2.05) is 0 Å². The molecule has 1 aromatic rings. The maximum Gasteiger partial charge on any atom is 0.107 e. The van der Waals surface area contributed by atoms with Crippen LogP contribution in [0.15, 0.2) is 10.5 Å². The second-order valence-corrected chi connectivity index (χ2v) is 7.78. The Morgan fingerprint density at radius 3 is 2.79 bits per heavy atom. The van der Waals surface area contributed by atoms with Gasteiger partial charge >= 0.3 is 0 Å². The second kappa shape index (κ2) is 7.99. The van der Waals surface area contributed by atoms with E-state index in [0.717, 1.165) is 15.4 Å². The topological polar surface area (TPSA) is 15.3 Å². The van der Waals surface area contributed by atoms with Gasteiger partial charge in [-0.25, -0.2) is 0 Å². The van der Waals surface area contributed by atoms with Crippen LogP contribution >= 0.6 is 38.9 Å². The number of thiophene rings is 1. The van der Waals surface area contributed by atoms with Gasteiger partial charge in [-0.15, -0.1) is 11.3 Å². The highest BCUT2D eigenvalue weighted by Gasteiger charge is 2.18. The summed E-state index contributed by atoms with van der Waals surface area (Å²) in [6, 6.07) is 2.79. The van der Waals surface area contributed by atoms with Crippen molar-refractivity contribution in [1.82, 2.24) is 10.2 Å². The highest BCUT2D eigenvalue weighted by molar-refractivity contribution is 9.10. The lowest BCUT2D eigenvalue weighted by molar-refractivity contribution is 0.195. The first-order chi connectivity index (χ1) is 9.19. The average Bonchev–Trinajstić information content (AvgIpc) is 2.74. The lowest BCUT2D eigenvalue weighted by atomic mass is 10.0. The molecular formula is C14H22BrClN2S. The number of piperidine rings is 1. The van der Waals surface area contributed by atoms with Crippen molar-refractivity contribution in [3.8, 4) is 0 Å². The zero-order valence-corrected chi connectivity index (χ0v) is 14.6. The smallest absolute Gasteiger partial charge is 0.107 e. The molecule has 2 heterocycles. The van der Waals surface area contributed by atoms with Gasteiger partial charge in [-0.2, -0.15) is 0 Å². The summed E-state index contributed by atoms with van der Waals surface area (Å²) in [4.78, 5) is 3.91. The fourth-order valence-electron chi connectivity index (χ4n) is 2.47. The Balaban J connectivity index is 1.68. The van der Waals surface area contributed by atoms with E-state index in [1.54, 1.807) is 11.3 Å². The molecule has 1 aromatic heterocycles. The minimum absolute atomic E-state index is 0.664. The number of unbranched alkanes of at least 4 members (excludes halogenated alkanes) is 1. The zero-order valence-electron chi connectivity index (χ0n) is 11.4. The van der Waals surface area contributed by atoms with Gasteiger partial charge in [-0.3, -0.25) is 0 Å². The fourth-order valence-corrected chi connectivity index (χ4v) is 4.21. The third-order valence-electron chi connectivity index (χ3n) is 3.68. The molecule has 19 heavy (non-hydrogen) atoms. The van der Waals surface area contributed by atoms with Gasteiger partial charge in [0, 0.05) is 21.9 Å². The number of nitrogens with one attached hydrogen (secondary N) is 1. The van der Waals surface area contributed by atoms with Crippen molar-refractivity contribution >= 4 is 38.9 Å². The molecule has 2 nitrogen and oxygen atoms in total. The van der Waals surface area contributed by atoms with Crippen LogP contribution in [0.3, 0.4) is 0 Å². The normalized spacial score (nSPS) is 18.1. The number of nitrogens with zero attached hydrogens (tertiary/aromatic N) is 1. The Hall–Kier alpha value is 0.390. The second-order valence-electron chi connectivity index (χ2n) is 5.18. The summed E-state index contributed by atoms with van der Waals surface area (Å²) in [5.41, 5.74) is 0. The van der Waals surface area contributed by atoms with E-state index in [9.17, 15) is 0 Å². The van der Waals surface area contributed by atoms with Crippen LogP contribution < -0.4 is 5.32 Å². The highest BCUT2D eigenvalue weighted by Crippen LogP contribution is 2.31. The van der Waals surface area contributed by atoms with Crippen molar-refractivity contribution in [2.45, 2.75) is 45.2 Å². The standard InChI is InChI=1S/C14H22BrClN2S/c1-2-3-6-18-7-4-11(5-8-18)17-10-12-9-13(15)14(16)19-12/h9,11,17H,2-8,10H2,1H3. The largest absolute Gasteiger partial charge is 0.309 e. The third-order valence-corrected chi connectivity index (χ3v) is 6.15. The summed E-state index contributed by atoms with van der Waals surface area (Å²) in [5, 5.41) is 3.66. The molecular weight excluding hydrogens is 344 g/mol. The number of likely N-dealkylation sites (tertiary alicyclic amines) is 1. The van der Waals surface area contributed by atoms with Crippen LogP contribution in [0.1, 0.15) is 37.5 Å². The van der Waals surface area contributed by atoms with Crippen molar-refractivity contribution in [1.29, 1.82) is 0 Å². The molecule has 0 atom stereocenters. The molecule has 0 unspecified atom stereocenters. The molecule has 0 spiro atoms. The quantitative estimate of drug-likeness (QED) is 0.797. The summed E-state index contributed by atoms with van der Waals surface area (Å²) in [5.74, 6) is 0. The molecule has 1 saturated heterocycles. The molecule has 2 rings (SSSR count). The Labute approximate surface area is 133 Å². The predicted molar refractivity (Wildman–Crippen MR) is 88.2 cm³/mol. The minimum Gasteiger partial charge on any atom is -0.309 e. The van der Waals surface area contributed by atoms with Crippen molar-refractivity contribution in [3.63, 3.8) is 0 Å². The molecule has 0 aromatic carbocycles. The number of rotatable bonds is 6. The highest BCUT2D eigenvalue weighted by atomic mass is 79.9. The maximum atomic E-state index is 6.06. The van der Waals surface area contributed by atoms with E-state index >= 15 is 0 Å². The van der Waals surface area contributed by atoms with Crippen LogP contribution in [0.2, 0.25) is 4.34 Å². The van der Waals surface area contributed by atoms with Gasteiger partial charge in [-0.1, -0.05) is 24.9 Å². The van der Waals surface area contributed by atoms with Gasteiger partial charge in [-0.05, 0) is 60.9 Å². The van der Waals surface area contributed by atoms with E-state index < -0.39 is 0 Å². The first kappa shape index (κ1) is 15.8. The summed E-state index contributed by atoms with van der Waals surface area (Å²) >= 11 is 11.2. The van der Waals surface area contributed by atoms with Crippen LogP contribution in [0, 0.1) is 0 Å². The van der Waals surface area contributed by atoms with Crippen LogP contribution in [-0.2, 0) is 6.54 Å². The minimum atomic E-state index is 0.664. The van der Waals surface area contributed by atoms with Gasteiger partial charge in [0.05, 0.1) is 0 Å². The van der Waals surface area contributed by atoms with Crippen LogP contribution in [-0.4, -0.2) is 30.6 Å². The molecule has 1 fully saturated rings. The molecule has 0 aliphatic carbocycles. The van der Waals surface area contributed by atoms with E-state index in [-0.39, 0.29) is 0 Å². The Kier molecular flexibility index (Phi) is 6.63. The summed E-state index contributed by atoms with van der Waals surface area (Å²) in [7, 11) is 0. The third kappa shape index (κ3) is 5.01. The van der Waals surface area contributed by atoms with Gasteiger partial charge in [0.2, 0.25) is 0 Å². The lowest BCUT2D eigenvalue weighted by Crippen LogP contribution is -2.42. The first-order valence-corrected chi connectivity index (χ1v) is 9.07. The van der Waals surface area contributed by atoms with Crippen molar-refractivity contribution in [2.75, 3.05) is 19.6 Å². The lowest BCUT2D eigenvalue weighted by Gasteiger charge is -2.32. The van der Waals surface area contributed by atoms with Gasteiger partial charge in [0.25, 0.3) is 0 Å². The number of hydrogen-bond acceptors (Lipinski definition) is 3. The maximum absolute atomic E-state index is 6.06. The van der Waals surface area contributed by atoms with E-state index in [0.29, 0.717) is 6.04 Å². The molecule has 1 aliphatic heterocycles. The van der Waals surface area contributed by atoms with Gasteiger partial charge < -0.3 is 10.2 Å². The molecule has 0 amide bonds. The fraction of sp³-hybridized carbons (Fsp3) is 0.714. The average molecular weight is 366 g/mol. The monoisotopic (exact) mass is 364 g/mol. The molecule has 1 N–H and O–H groups in total. The molecule has 1 aliphatic rings. The van der Waals surface area contributed by atoms with Gasteiger partial charge in [0.1, 0.15) is 4.34 Å². The summed E-state index contributed by atoms with van der Waals surface area (Å²) < 4.78 is 1.87. The van der Waals surface area contributed by atoms with E-state index in [1.165, 1.54) is 50.2 Å². The van der Waals surface area contributed by atoms with Crippen molar-refractivity contribution in [2.24, 2.45) is 0 Å². The van der Waals surface area contributed by atoms with Gasteiger partial charge in [0.15, 0.2) is 0 Å². The Morgan fingerprint density at radius 2 is 2.21 bits per heavy atom. The SMILES string of the molecule is CCCCN1CCC(NCc2cc(Br)c(Cl)s2)CC1. The van der Waals surface area contributed by atoms with E-state index in [4.69, 9.17) is 11.6 Å². The Morgan fingerprint density at radius 1 is 1.47 bits per heavy atom. The number of halogens is 2. The first-order valence-electron chi connectivity index (χ1n) is 7.08. The molecule has 0 saturated carbocycles. The van der Waals surface area contributed by atoms with Crippen LogP contribution in [0.4, 0.5) is 0 Å². The molecule has 5 heteroatoms. The Bertz CT molecular complexity index is 369. The molecule has 108 valence electrons. The van der Waals surface area contributed by atoms with E-state index in [2.05, 4.69) is 39.1 Å². The number of hydrogen-bond donors (Lipinski definition) is 1. The summed E-state index contributed by atoms with van der Waals surface area (Å²) in [6.45, 7) is 6.96. The van der Waals surface area contributed by atoms with Crippen molar-refractivity contribution in [3.05, 3.63) is 19.8 Å². The molecule has 0 radical (unpaired) electrons. The van der Waals surface area contributed by atoms with Crippen molar-refractivity contribution < 1.29 is 0 Å². The van der Waals surface area contributed by atoms with Crippen LogP contribution in [0.5, 0.6) is 0 Å². The molecule has 0 bridgehead atoms. The predicted octanol–water partition coefficient (Wildman–Crippen LogP) is 4.52. The zero-order chi connectivity index (χ0) is 13.7. The summed E-state index contributed by atoms with van der Waals surface area (Å²) in [6.07, 6.45) is 5.17.